The van der Waals surface area contributed by atoms with Crippen LogP contribution >= 0.6 is 0 Å². The second kappa shape index (κ2) is 5.28. The molecule has 3 rings (SSSR count). The summed E-state index contributed by atoms with van der Waals surface area (Å²) in [4.78, 5) is 2.67. The minimum Gasteiger partial charge on any atom is -0.309 e. The summed E-state index contributed by atoms with van der Waals surface area (Å²) in [6.45, 7) is 13.8. The number of nitrogens with one attached hydrogen (secondary N) is 1. The van der Waals surface area contributed by atoms with Gasteiger partial charge < -0.3 is 10.2 Å². The van der Waals surface area contributed by atoms with Gasteiger partial charge in [0.15, 0.2) is 0 Å². The van der Waals surface area contributed by atoms with E-state index in [1.54, 1.807) is 0 Å². The molecule has 2 bridgehead atoms. The van der Waals surface area contributed by atoms with Crippen LogP contribution in [0.5, 0.6) is 0 Å². The average molecular weight is 278 g/mol. The van der Waals surface area contributed by atoms with Gasteiger partial charge in [0.25, 0.3) is 0 Å². The van der Waals surface area contributed by atoms with Crippen LogP contribution in [0.3, 0.4) is 0 Å². The van der Waals surface area contributed by atoms with Crippen molar-refractivity contribution in [1.29, 1.82) is 0 Å². The zero-order valence-electron chi connectivity index (χ0n) is 14.0. The minimum absolute atomic E-state index is 0.489. The predicted molar refractivity (Wildman–Crippen MR) is 85.9 cm³/mol. The zero-order chi connectivity index (χ0) is 14.4. The standard InChI is InChI=1S/C18H34N2/c1-14(13-20-10-6-5-7-11-20)19-16-17(2,3)15-8-9-18(16,4)12-15/h14-16,19H,5-13H2,1-4H3. The number of hydrogen-bond acceptors (Lipinski definition) is 2. The molecule has 0 radical (unpaired) electrons. The molecule has 1 saturated heterocycles. The molecular weight excluding hydrogens is 244 g/mol. The highest BCUT2D eigenvalue weighted by atomic mass is 15.2. The highest BCUT2D eigenvalue weighted by molar-refractivity contribution is 5.12. The lowest BCUT2D eigenvalue weighted by Gasteiger charge is -2.45. The Kier molecular flexibility index (Phi) is 3.92. The fourth-order valence-corrected chi connectivity index (χ4v) is 5.58. The number of hydrogen-bond donors (Lipinski definition) is 1. The van der Waals surface area contributed by atoms with Gasteiger partial charge in [-0.25, -0.2) is 0 Å². The van der Waals surface area contributed by atoms with Gasteiger partial charge >= 0.3 is 0 Å². The molecule has 1 heterocycles. The highest BCUT2D eigenvalue weighted by Gasteiger charge is 2.59. The van der Waals surface area contributed by atoms with Crippen molar-refractivity contribution in [2.45, 2.75) is 78.3 Å². The normalized spacial score (nSPS) is 42.0. The van der Waals surface area contributed by atoms with Gasteiger partial charge in [0.1, 0.15) is 0 Å². The molecule has 0 aromatic carbocycles. The number of piperidine rings is 1. The van der Waals surface area contributed by atoms with E-state index >= 15 is 0 Å². The average Bonchev–Trinajstić information content (AvgIpc) is 2.87. The van der Waals surface area contributed by atoms with E-state index in [-0.39, 0.29) is 0 Å². The molecule has 3 fully saturated rings. The number of likely N-dealkylation sites (tertiary alicyclic amines) is 1. The Balaban J connectivity index is 1.59. The van der Waals surface area contributed by atoms with Crippen molar-refractivity contribution in [1.82, 2.24) is 10.2 Å². The van der Waals surface area contributed by atoms with Crippen molar-refractivity contribution >= 4 is 0 Å². The Hall–Kier alpha value is -0.0800. The molecule has 0 aromatic rings. The molecule has 2 nitrogen and oxygen atoms in total. The Morgan fingerprint density at radius 3 is 2.45 bits per heavy atom. The molecule has 0 amide bonds. The second-order valence-corrected chi connectivity index (χ2v) is 8.78. The van der Waals surface area contributed by atoms with E-state index < -0.39 is 0 Å². The van der Waals surface area contributed by atoms with E-state index in [9.17, 15) is 0 Å². The van der Waals surface area contributed by atoms with Crippen molar-refractivity contribution < 1.29 is 0 Å². The van der Waals surface area contributed by atoms with Crippen molar-refractivity contribution in [3.63, 3.8) is 0 Å². The largest absolute Gasteiger partial charge is 0.309 e. The van der Waals surface area contributed by atoms with Crippen LogP contribution in [0.25, 0.3) is 0 Å². The van der Waals surface area contributed by atoms with Gasteiger partial charge in [-0.05, 0) is 68.9 Å². The summed E-state index contributed by atoms with van der Waals surface area (Å²) in [5.41, 5.74) is 1.05. The maximum atomic E-state index is 4.05. The maximum Gasteiger partial charge on any atom is 0.0178 e. The van der Waals surface area contributed by atoms with Crippen LogP contribution in [0.4, 0.5) is 0 Å². The molecule has 4 atom stereocenters. The zero-order valence-corrected chi connectivity index (χ0v) is 14.0. The van der Waals surface area contributed by atoms with Gasteiger partial charge in [0.2, 0.25) is 0 Å². The number of rotatable bonds is 4. The first kappa shape index (κ1) is 14.8. The Bertz CT molecular complexity index is 341. The van der Waals surface area contributed by atoms with Crippen LogP contribution in [0.1, 0.15) is 66.2 Å². The van der Waals surface area contributed by atoms with Crippen LogP contribution < -0.4 is 5.32 Å². The van der Waals surface area contributed by atoms with Crippen LogP contribution in [-0.2, 0) is 0 Å². The van der Waals surface area contributed by atoms with Crippen LogP contribution in [-0.4, -0.2) is 36.6 Å². The van der Waals surface area contributed by atoms with E-state index in [1.165, 1.54) is 58.2 Å². The molecule has 116 valence electrons. The van der Waals surface area contributed by atoms with E-state index in [0.717, 1.165) is 5.92 Å². The van der Waals surface area contributed by atoms with Crippen LogP contribution in [0.2, 0.25) is 0 Å². The third kappa shape index (κ3) is 2.54. The molecular formula is C18H34N2. The van der Waals surface area contributed by atoms with E-state index in [2.05, 4.69) is 37.9 Å². The topological polar surface area (TPSA) is 15.3 Å². The lowest BCUT2D eigenvalue weighted by atomic mass is 9.68. The van der Waals surface area contributed by atoms with Crippen LogP contribution in [0, 0.1) is 16.7 Å². The molecule has 2 saturated carbocycles. The second-order valence-electron chi connectivity index (χ2n) is 8.78. The summed E-state index contributed by atoms with van der Waals surface area (Å²) in [6.07, 6.45) is 8.60. The maximum absolute atomic E-state index is 4.05. The third-order valence-corrected chi connectivity index (χ3v) is 6.70. The van der Waals surface area contributed by atoms with Gasteiger partial charge in [-0.1, -0.05) is 27.2 Å². The Labute approximate surface area is 125 Å². The smallest absolute Gasteiger partial charge is 0.0178 e. The lowest BCUT2D eigenvalue weighted by Crippen LogP contribution is -2.55. The number of fused-ring (bicyclic) bond motifs is 2. The van der Waals surface area contributed by atoms with Gasteiger partial charge in [-0.2, -0.15) is 0 Å². The van der Waals surface area contributed by atoms with Crippen molar-refractivity contribution in [3.05, 3.63) is 0 Å². The van der Waals surface area contributed by atoms with Gasteiger partial charge in [-0.15, -0.1) is 0 Å². The Morgan fingerprint density at radius 2 is 1.85 bits per heavy atom. The molecule has 4 unspecified atom stereocenters. The van der Waals surface area contributed by atoms with Crippen molar-refractivity contribution in [2.75, 3.05) is 19.6 Å². The molecule has 1 aliphatic heterocycles. The molecule has 0 spiro atoms. The summed E-state index contributed by atoms with van der Waals surface area (Å²) >= 11 is 0. The van der Waals surface area contributed by atoms with Gasteiger partial charge in [-0.3, -0.25) is 0 Å². The van der Waals surface area contributed by atoms with Gasteiger partial charge in [0, 0.05) is 18.6 Å². The molecule has 3 aliphatic rings. The molecule has 1 N–H and O–H groups in total. The predicted octanol–water partition coefficient (Wildman–Crippen LogP) is 3.67. The van der Waals surface area contributed by atoms with E-state index in [0.29, 0.717) is 22.9 Å². The summed E-state index contributed by atoms with van der Waals surface area (Å²) in [6, 6.07) is 1.35. The van der Waals surface area contributed by atoms with E-state index in [4.69, 9.17) is 0 Å². The lowest BCUT2D eigenvalue weighted by molar-refractivity contribution is 0.0912. The fourth-order valence-electron chi connectivity index (χ4n) is 5.58. The van der Waals surface area contributed by atoms with Crippen molar-refractivity contribution in [3.8, 4) is 0 Å². The summed E-state index contributed by atoms with van der Waals surface area (Å²) in [5.74, 6) is 0.951. The first-order valence-electron chi connectivity index (χ1n) is 8.90. The monoisotopic (exact) mass is 278 g/mol. The molecule has 2 heteroatoms. The first-order chi connectivity index (χ1) is 9.42. The summed E-state index contributed by atoms with van der Waals surface area (Å²) in [5, 5.41) is 4.05. The van der Waals surface area contributed by atoms with Crippen molar-refractivity contribution in [2.24, 2.45) is 16.7 Å². The third-order valence-electron chi connectivity index (χ3n) is 6.70. The van der Waals surface area contributed by atoms with Crippen LogP contribution in [0.15, 0.2) is 0 Å². The van der Waals surface area contributed by atoms with Gasteiger partial charge in [0.05, 0.1) is 0 Å². The quantitative estimate of drug-likeness (QED) is 0.844. The summed E-state index contributed by atoms with van der Waals surface area (Å²) < 4.78 is 0. The fraction of sp³-hybridized carbons (Fsp3) is 1.00. The summed E-state index contributed by atoms with van der Waals surface area (Å²) in [7, 11) is 0. The Morgan fingerprint density at radius 1 is 1.15 bits per heavy atom. The molecule has 0 aromatic heterocycles. The number of nitrogens with zero attached hydrogens (tertiary/aromatic N) is 1. The van der Waals surface area contributed by atoms with E-state index in [1.807, 2.05) is 0 Å². The molecule has 20 heavy (non-hydrogen) atoms. The highest BCUT2D eigenvalue weighted by Crippen LogP contribution is 2.62. The minimum atomic E-state index is 0.489. The first-order valence-corrected chi connectivity index (χ1v) is 8.90. The molecule has 2 aliphatic carbocycles. The SMILES string of the molecule is CC(CN1CCCCC1)NC1C2(C)CCC(C2)C1(C)C.